The molecule has 0 aromatic rings. The van der Waals surface area contributed by atoms with E-state index in [-0.39, 0.29) is 11.5 Å². The first-order valence-corrected chi connectivity index (χ1v) is 3.08. The molecule has 1 aliphatic rings. The van der Waals surface area contributed by atoms with Gasteiger partial charge in [-0.1, -0.05) is 5.16 Å². The molecule has 0 amide bonds. The van der Waals surface area contributed by atoms with E-state index in [1.54, 1.807) is 0 Å². The molecule has 0 aliphatic heterocycles. The van der Waals surface area contributed by atoms with Crippen molar-refractivity contribution in [2.24, 2.45) is 5.16 Å². The van der Waals surface area contributed by atoms with Gasteiger partial charge in [0.1, 0.15) is 5.71 Å². The van der Waals surface area contributed by atoms with Crippen LogP contribution in [0.5, 0.6) is 0 Å². The van der Waals surface area contributed by atoms with Gasteiger partial charge in [0.05, 0.1) is 5.38 Å². The van der Waals surface area contributed by atoms with Crippen LogP contribution in [0.2, 0.25) is 0 Å². The van der Waals surface area contributed by atoms with Gasteiger partial charge in [-0.25, -0.2) is 0 Å². The maximum atomic E-state index is 10.7. The Morgan fingerprint density at radius 3 is 2.67 bits per heavy atom. The number of Topliss-reactive ketones (excluding diaryl/α,β-unsaturated/α-hetero) is 1. The minimum absolute atomic E-state index is 0.204. The van der Waals surface area contributed by atoms with E-state index in [0.717, 1.165) is 0 Å². The second kappa shape index (κ2) is 2.35. The van der Waals surface area contributed by atoms with Gasteiger partial charge in [0.2, 0.25) is 0 Å². The van der Waals surface area contributed by atoms with E-state index in [1.807, 2.05) is 0 Å². The van der Waals surface area contributed by atoms with Gasteiger partial charge in [0.15, 0.2) is 5.78 Å². The van der Waals surface area contributed by atoms with E-state index in [9.17, 15) is 4.79 Å². The molecule has 1 N–H and O–H groups in total. The van der Waals surface area contributed by atoms with E-state index in [1.165, 1.54) is 0 Å². The minimum atomic E-state index is -0.462. The van der Waals surface area contributed by atoms with Gasteiger partial charge in [-0.2, -0.15) is 0 Å². The fraction of sp³-hybridized carbons (Fsp3) is 0.600. The summed E-state index contributed by atoms with van der Waals surface area (Å²) in [6, 6.07) is 0. The summed E-state index contributed by atoms with van der Waals surface area (Å²) in [6.07, 6.45) is 1.10. The third-order valence-electron chi connectivity index (χ3n) is 1.32. The highest BCUT2D eigenvalue weighted by molar-refractivity contribution is 6.53. The van der Waals surface area contributed by atoms with E-state index in [2.05, 4.69) is 5.16 Å². The lowest BCUT2D eigenvalue weighted by molar-refractivity contribution is -0.112. The van der Waals surface area contributed by atoms with E-state index in [0.29, 0.717) is 12.8 Å². The molecule has 1 rings (SSSR count). The van der Waals surface area contributed by atoms with E-state index >= 15 is 0 Å². The number of ketones is 1. The van der Waals surface area contributed by atoms with Crippen LogP contribution < -0.4 is 0 Å². The number of rotatable bonds is 0. The first-order chi connectivity index (χ1) is 4.25. The summed E-state index contributed by atoms with van der Waals surface area (Å²) in [5, 5.41) is 10.5. The van der Waals surface area contributed by atoms with Gasteiger partial charge in [-0.15, -0.1) is 11.6 Å². The third-order valence-corrected chi connectivity index (χ3v) is 1.74. The Labute approximate surface area is 57.3 Å². The molecule has 0 aromatic heterocycles. The molecule has 1 saturated carbocycles. The topological polar surface area (TPSA) is 49.7 Å². The number of carbonyl (C=O) groups is 1. The van der Waals surface area contributed by atoms with Crippen molar-refractivity contribution in [2.75, 3.05) is 0 Å². The SMILES string of the molecule is O=C1/C(=N\O)CCC1Cl. The minimum Gasteiger partial charge on any atom is -0.411 e. The predicted octanol–water partition coefficient (Wildman–Crippen LogP) is 0.787. The molecular weight excluding hydrogens is 142 g/mol. The Kier molecular flexibility index (Phi) is 1.71. The number of hydrogen-bond acceptors (Lipinski definition) is 3. The lowest BCUT2D eigenvalue weighted by Gasteiger charge is -1.89. The highest BCUT2D eigenvalue weighted by atomic mass is 35.5. The summed E-state index contributed by atoms with van der Waals surface area (Å²) in [5.41, 5.74) is 0.204. The van der Waals surface area contributed by atoms with Crippen molar-refractivity contribution in [3.63, 3.8) is 0 Å². The van der Waals surface area contributed by atoms with Crippen LogP contribution in [0.15, 0.2) is 5.16 Å². The van der Waals surface area contributed by atoms with Crippen molar-refractivity contribution in [1.82, 2.24) is 0 Å². The summed E-state index contributed by atoms with van der Waals surface area (Å²) < 4.78 is 0. The number of halogens is 1. The Bertz CT molecular complexity index is 166. The average molecular weight is 148 g/mol. The highest BCUT2D eigenvalue weighted by Crippen LogP contribution is 2.17. The van der Waals surface area contributed by atoms with Gasteiger partial charge >= 0.3 is 0 Å². The molecule has 0 spiro atoms. The van der Waals surface area contributed by atoms with Crippen LogP contribution in [0, 0.1) is 0 Å². The quantitative estimate of drug-likeness (QED) is 0.313. The zero-order chi connectivity index (χ0) is 6.85. The molecule has 0 radical (unpaired) electrons. The summed E-state index contributed by atoms with van der Waals surface area (Å²) in [7, 11) is 0. The molecule has 3 nitrogen and oxygen atoms in total. The molecule has 0 aromatic carbocycles. The highest BCUT2D eigenvalue weighted by Gasteiger charge is 2.28. The van der Waals surface area contributed by atoms with Gasteiger partial charge < -0.3 is 5.21 Å². The Morgan fingerprint density at radius 1 is 1.78 bits per heavy atom. The van der Waals surface area contributed by atoms with Gasteiger partial charge in [0, 0.05) is 0 Å². The number of nitrogens with zero attached hydrogens (tertiary/aromatic N) is 1. The smallest absolute Gasteiger partial charge is 0.198 e. The van der Waals surface area contributed by atoms with E-state index < -0.39 is 5.38 Å². The lowest BCUT2D eigenvalue weighted by Crippen LogP contribution is -2.12. The maximum Gasteiger partial charge on any atom is 0.198 e. The molecule has 0 saturated heterocycles. The first-order valence-electron chi connectivity index (χ1n) is 2.65. The molecular formula is C5H6ClNO2. The lowest BCUT2D eigenvalue weighted by atomic mass is 10.3. The molecule has 50 valence electrons. The van der Waals surface area contributed by atoms with Crippen molar-refractivity contribution in [3.8, 4) is 0 Å². The monoisotopic (exact) mass is 147 g/mol. The Morgan fingerprint density at radius 2 is 2.44 bits per heavy atom. The van der Waals surface area contributed by atoms with Crippen molar-refractivity contribution in [3.05, 3.63) is 0 Å². The Hall–Kier alpha value is -0.570. The van der Waals surface area contributed by atoms with Gasteiger partial charge in [-0.3, -0.25) is 4.79 Å². The molecule has 1 aliphatic carbocycles. The molecule has 0 bridgehead atoms. The van der Waals surface area contributed by atoms with Crippen molar-refractivity contribution >= 4 is 23.1 Å². The Balaban J connectivity index is 2.74. The summed E-state index contributed by atoms with van der Waals surface area (Å²) >= 11 is 5.49. The molecule has 0 heterocycles. The summed E-state index contributed by atoms with van der Waals surface area (Å²) in [4.78, 5) is 10.7. The number of hydrogen-bond donors (Lipinski definition) is 1. The predicted molar refractivity (Wildman–Crippen MR) is 33.1 cm³/mol. The third kappa shape index (κ3) is 1.05. The molecule has 4 heteroatoms. The largest absolute Gasteiger partial charge is 0.411 e. The van der Waals surface area contributed by atoms with E-state index in [4.69, 9.17) is 16.8 Å². The van der Waals surface area contributed by atoms with Crippen LogP contribution in [0.1, 0.15) is 12.8 Å². The zero-order valence-electron chi connectivity index (χ0n) is 4.67. The maximum absolute atomic E-state index is 10.7. The van der Waals surface area contributed by atoms with Crippen LogP contribution in [0.4, 0.5) is 0 Å². The standard InChI is InChI=1S/C5H6ClNO2/c6-3-1-2-4(7-9)5(3)8/h3,9H,1-2H2/b7-4-. The molecule has 9 heavy (non-hydrogen) atoms. The van der Waals surface area contributed by atoms with Crippen molar-refractivity contribution < 1.29 is 10.0 Å². The summed E-state index contributed by atoms with van der Waals surface area (Å²) in [6.45, 7) is 0. The number of carbonyl (C=O) groups excluding carboxylic acids is 1. The molecule has 1 fully saturated rings. The molecule has 1 atom stereocenters. The van der Waals surface area contributed by atoms with Gasteiger partial charge in [0.25, 0.3) is 0 Å². The fourth-order valence-corrected chi connectivity index (χ4v) is 1.03. The number of alkyl halides is 1. The van der Waals surface area contributed by atoms with Crippen LogP contribution in [-0.4, -0.2) is 22.1 Å². The number of oxime groups is 1. The van der Waals surface area contributed by atoms with Crippen LogP contribution in [0.3, 0.4) is 0 Å². The normalized spacial score (nSPS) is 31.9. The molecule has 1 unspecified atom stereocenters. The van der Waals surface area contributed by atoms with Gasteiger partial charge in [-0.05, 0) is 12.8 Å². The van der Waals surface area contributed by atoms with Crippen LogP contribution in [-0.2, 0) is 4.79 Å². The van der Waals surface area contributed by atoms with Crippen molar-refractivity contribution in [2.45, 2.75) is 18.2 Å². The first kappa shape index (κ1) is 6.55. The van der Waals surface area contributed by atoms with Crippen LogP contribution in [0.25, 0.3) is 0 Å². The fourth-order valence-electron chi connectivity index (χ4n) is 0.798. The zero-order valence-corrected chi connectivity index (χ0v) is 5.43. The van der Waals surface area contributed by atoms with Crippen molar-refractivity contribution in [1.29, 1.82) is 0 Å². The summed E-state index contributed by atoms with van der Waals surface area (Å²) in [5.74, 6) is -0.237. The average Bonchev–Trinajstić information content (AvgIpc) is 2.15. The second-order valence-electron chi connectivity index (χ2n) is 1.92. The second-order valence-corrected chi connectivity index (χ2v) is 2.44. The van der Waals surface area contributed by atoms with Crippen LogP contribution >= 0.6 is 11.6 Å².